The summed E-state index contributed by atoms with van der Waals surface area (Å²) in [4.78, 5) is 8.42. The van der Waals surface area contributed by atoms with Crippen LogP contribution in [0, 0.1) is 0 Å². The van der Waals surface area contributed by atoms with Crippen LogP contribution < -0.4 is 10.6 Å². The van der Waals surface area contributed by atoms with Crippen molar-refractivity contribution in [2.24, 2.45) is 4.99 Å². The Labute approximate surface area is 148 Å². The van der Waals surface area contributed by atoms with Gasteiger partial charge in [-0.2, -0.15) is 0 Å². The van der Waals surface area contributed by atoms with E-state index in [1.54, 1.807) is 12.3 Å². The van der Waals surface area contributed by atoms with Gasteiger partial charge in [0, 0.05) is 25.5 Å². The van der Waals surface area contributed by atoms with Crippen molar-refractivity contribution >= 4 is 27.4 Å². The fourth-order valence-electron chi connectivity index (χ4n) is 1.76. The van der Waals surface area contributed by atoms with Gasteiger partial charge in [-0.05, 0) is 25.0 Å². The van der Waals surface area contributed by atoms with Crippen LogP contribution in [0.4, 0.5) is 0 Å². The molecule has 0 unspecified atom stereocenters. The highest BCUT2D eigenvalue weighted by Crippen LogP contribution is 2.05. The van der Waals surface area contributed by atoms with Gasteiger partial charge >= 0.3 is 0 Å². The summed E-state index contributed by atoms with van der Waals surface area (Å²) < 4.78 is 27.2. The Kier molecular flexibility index (Phi) is 9.66. The van der Waals surface area contributed by atoms with E-state index in [1.807, 2.05) is 13.0 Å². The van der Waals surface area contributed by atoms with E-state index < -0.39 is 9.84 Å². The van der Waals surface area contributed by atoms with E-state index in [4.69, 9.17) is 16.3 Å². The minimum Gasteiger partial charge on any atom is -0.378 e. The minimum atomic E-state index is -2.98. The molecular weight excluding hydrogens is 352 g/mol. The van der Waals surface area contributed by atoms with Gasteiger partial charge < -0.3 is 15.4 Å². The van der Waals surface area contributed by atoms with Gasteiger partial charge in [0.05, 0.1) is 25.5 Å². The Balaban J connectivity index is 2.27. The summed E-state index contributed by atoms with van der Waals surface area (Å²) in [6.07, 6.45) is 3.75. The lowest BCUT2D eigenvalue weighted by Gasteiger charge is -2.11. The molecule has 1 aromatic rings. The molecule has 0 atom stereocenters. The number of ether oxygens (including phenoxy) is 1. The molecule has 2 N–H and O–H groups in total. The lowest BCUT2D eigenvalue weighted by molar-refractivity contribution is 0.157. The number of aromatic nitrogens is 1. The second-order valence-corrected chi connectivity index (χ2v) is 7.82. The van der Waals surface area contributed by atoms with Gasteiger partial charge in [0.15, 0.2) is 5.96 Å². The molecule has 0 aliphatic heterocycles. The number of sulfone groups is 1. The predicted octanol–water partition coefficient (Wildman–Crippen LogP) is 0.894. The van der Waals surface area contributed by atoms with Crippen LogP contribution in [0.15, 0.2) is 23.3 Å². The Hall–Kier alpha value is -1.38. The highest BCUT2D eigenvalue weighted by Gasteiger charge is 2.01. The van der Waals surface area contributed by atoms with Gasteiger partial charge in [0.2, 0.25) is 0 Å². The van der Waals surface area contributed by atoms with Crippen LogP contribution in [-0.4, -0.2) is 64.2 Å². The molecule has 0 saturated carbocycles. The van der Waals surface area contributed by atoms with Gasteiger partial charge in [-0.25, -0.2) is 13.4 Å². The highest BCUT2D eigenvalue weighted by molar-refractivity contribution is 7.90. The predicted molar refractivity (Wildman–Crippen MR) is 97.5 cm³/mol. The third-order valence-corrected chi connectivity index (χ3v) is 4.07. The molecule has 0 aromatic carbocycles. The van der Waals surface area contributed by atoms with Gasteiger partial charge in [0.1, 0.15) is 15.0 Å². The van der Waals surface area contributed by atoms with Crippen LogP contribution in [-0.2, 0) is 21.0 Å². The molecule has 0 fully saturated rings. The number of hydrogen-bond donors (Lipinski definition) is 2. The summed E-state index contributed by atoms with van der Waals surface area (Å²) in [5.41, 5.74) is 1.09. The average Bonchev–Trinajstić information content (AvgIpc) is 2.51. The van der Waals surface area contributed by atoms with Gasteiger partial charge in [-0.1, -0.05) is 17.7 Å². The van der Waals surface area contributed by atoms with Gasteiger partial charge in [0.25, 0.3) is 0 Å². The van der Waals surface area contributed by atoms with Crippen LogP contribution in [0.1, 0.15) is 12.5 Å². The largest absolute Gasteiger partial charge is 0.378 e. The highest BCUT2D eigenvalue weighted by atomic mass is 35.5. The van der Waals surface area contributed by atoms with Crippen molar-refractivity contribution in [3.8, 4) is 0 Å². The molecule has 0 bridgehead atoms. The fraction of sp³-hybridized carbons (Fsp3) is 0.600. The molecule has 136 valence electrons. The number of aliphatic imine (C=N–C) groups is 1. The molecule has 0 saturated heterocycles. The number of nitrogens with one attached hydrogen (secondary N) is 2. The smallest absolute Gasteiger partial charge is 0.191 e. The molecule has 0 aliphatic carbocycles. The number of guanidine groups is 1. The summed E-state index contributed by atoms with van der Waals surface area (Å²) in [7, 11) is -2.98. The maximum absolute atomic E-state index is 11.0. The van der Waals surface area contributed by atoms with Crippen molar-refractivity contribution < 1.29 is 13.2 Å². The molecule has 9 heteroatoms. The molecule has 0 spiro atoms. The average molecular weight is 377 g/mol. The first kappa shape index (κ1) is 20.7. The number of hydrogen-bond acceptors (Lipinski definition) is 5. The zero-order valence-corrected chi connectivity index (χ0v) is 15.7. The molecule has 1 heterocycles. The lowest BCUT2D eigenvalue weighted by Crippen LogP contribution is -2.38. The maximum atomic E-state index is 11.0. The Morgan fingerprint density at radius 2 is 2.12 bits per heavy atom. The maximum Gasteiger partial charge on any atom is 0.191 e. The first-order valence-electron chi connectivity index (χ1n) is 7.79. The van der Waals surface area contributed by atoms with Crippen LogP contribution in [0.25, 0.3) is 0 Å². The SMILES string of the molecule is CCNC(=NCCOCCS(C)(=O)=O)NCCc1ccc(Cl)nc1. The van der Waals surface area contributed by atoms with E-state index in [0.29, 0.717) is 30.8 Å². The van der Waals surface area contributed by atoms with Crippen LogP contribution >= 0.6 is 11.6 Å². The Morgan fingerprint density at radius 3 is 2.75 bits per heavy atom. The topological polar surface area (TPSA) is 92.7 Å². The van der Waals surface area contributed by atoms with Crippen molar-refractivity contribution in [3.05, 3.63) is 29.0 Å². The molecule has 0 radical (unpaired) electrons. The minimum absolute atomic E-state index is 0.0319. The molecule has 0 amide bonds. The molecular formula is C15H25ClN4O3S. The van der Waals surface area contributed by atoms with Crippen LogP contribution in [0.3, 0.4) is 0 Å². The number of rotatable bonds is 10. The number of pyridine rings is 1. The Bertz CT molecular complexity index is 606. The quantitative estimate of drug-likeness (QED) is 0.273. The van der Waals surface area contributed by atoms with E-state index in [1.165, 1.54) is 6.26 Å². The van der Waals surface area contributed by atoms with E-state index in [0.717, 1.165) is 18.5 Å². The van der Waals surface area contributed by atoms with Crippen LogP contribution in [0.5, 0.6) is 0 Å². The summed E-state index contributed by atoms with van der Waals surface area (Å²) in [6.45, 7) is 4.49. The molecule has 7 nitrogen and oxygen atoms in total. The van der Waals surface area contributed by atoms with Crippen molar-refractivity contribution in [2.45, 2.75) is 13.3 Å². The second-order valence-electron chi connectivity index (χ2n) is 5.17. The monoisotopic (exact) mass is 376 g/mol. The number of halogens is 1. The standard InChI is InChI=1S/C15H25ClN4O3S/c1-3-17-15(19-8-9-23-10-11-24(2,21)22)18-7-6-13-4-5-14(16)20-12-13/h4-5,12H,3,6-11H2,1-2H3,(H2,17,18,19). The fourth-order valence-corrected chi connectivity index (χ4v) is 2.29. The summed E-state index contributed by atoms with van der Waals surface area (Å²) in [6, 6.07) is 3.71. The van der Waals surface area contributed by atoms with E-state index in [9.17, 15) is 8.42 Å². The molecule has 1 rings (SSSR count). The zero-order chi connectivity index (χ0) is 17.8. The van der Waals surface area contributed by atoms with Crippen molar-refractivity contribution in [1.82, 2.24) is 15.6 Å². The number of nitrogens with zero attached hydrogens (tertiary/aromatic N) is 2. The normalized spacial score (nSPS) is 12.2. The Morgan fingerprint density at radius 1 is 1.33 bits per heavy atom. The first-order valence-corrected chi connectivity index (χ1v) is 10.2. The van der Waals surface area contributed by atoms with Crippen molar-refractivity contribution in [1.29, 1.82) is 0 Å². The van der Waals surface area contributed by atoms with Gasteiger partial charge in [-0.3, -0.25) is 4.99 Å². The molecule has 0 aliphatic rings. The molecule has 1 aromatic heterocycles. The first-order chi connectivity index (χ1) is 11.4. The lowest BCUT2D eigenvalue weighted by atomic mass is 10.2. The molecule has 24 heavy (non-hydrogen) atoms. The van der Waals surface area contributed by atoms with E-state index in [-0.39, 0.29) is 12.4 Å². The second kappa shape index (κ2) is 11.2. The summed E-state index contributed by atoms with van der Waals surface area (Å²) in [5.74, 6) is 0.732. The van der Waals surface area contributed by atoms with E-state index in [2.05, 4.69) is 20.6 Å². The van der Waals surface area contributed by atoms with Gasteiger partial charge in [-0.15, -0.1) is 0 Å². The van der Waals surface area contributed by atoms with Crippen LogP contribution in [0.2, 0.25) is 5.15 Å². The summed E-state index contributed by atoms with van der Waals surface area (Å²) in [5, 5.41) is 6.85. The third kappa shape index (κ3) is 10.4. The zero-order valence-electron chi connectivity index (χ0n) is 14.1. The third-order valence-electron chi connectivity index (χ3n) is 2.94. The van der Waals surface area contributed by atoms with Crippen molar-refractivity contribution in [3.63, 3.8) is 0 Å². The van der Waals surface area contributed by atoms with E-state index >= 15 is 0 Å². The summed E-state index contributed by atoms with van der Waals surface area (Å²) >= 11 is 5.75. The van der Waals surface area contributed by atoms with Crippen molar-refractivity contribution in [2.75, 3.05) is 44.9 Å².